The van der Waals surface area contributed by atoms with Crippen molar-refractivity contribution in [3.8, 4) is 0 Å². The summed E-state index contributed by atoms with van der Waals surface area (Å²) in [6, 6.07) is 7.39. The highest BCUT2D eigenvalue weighted by atomic mass is 35.5. The van der Waals surface area contributed by atoms with Crippen molar-refractivity contribution in [3.05, 3.63) is 40.5 Å². The van der Waals surface area contributed by atoms with Gasteiger partial charge >= 0.3 is 0 Å². The van der Waals surface area contributed by atoms with Crippen molar-refractivity contribution in [2.45, 2.75) is 18.0 Å². The van der Waals surface area contributed by atoms with Crippen LogP contribution in [0.5, 0.6) is 0 Å². The smallest absolute Gasteiger partial charge is 0.233 e. The predicted molar refractivity (Wildman–Crippen MR) is 87.3 cm³/mol. The summed E-state index contributed by atoms with van der Waals surface area (Å²) in [7, 11) is 0. The minimum Gasteiger partial charge on any atom is -0.383 e. The molecule has 2 heterocycles. The van der Waals surface area contributed by atoms with Crippen LogP contribution in [0.4, 0.5) is 11.8 Å². The zero-order valence-electron chi connectivity index (χ0n) is 11.6. The summed E-state index contributed by atoms with van der Waals surface area (Å²) in [6.07, 6.45) is 0. The number of benzene rings is 1. The molecule has 4 N–H and O–H groups in total. The molecule has 6 nitrogen and oxygen atoms in total. The maximum atomic E-state index is 12.3. The van der Waals surface area contributed by atoms with Crippen LogP contribution >= 0.6 is 23.4 Å². The first-order valence-electron chi connectivity index (χ1n) is 6.60. The summed E-state index contributed by atoms with van der Waals surface area (Å²) in [5.41, 5.74) is 12.9. The number of nitrogens with two attached hydrogens (primary N) is 2. The van der Waals surface area contributed by atoms with E-state index in [1.807, 2.05) is 12.1 Å². The predicted octanol–water partition coefficient (Wildman–Crippen LogP) is 1.93. The van der Waals surface area contributed by atoms with Gasteiger partial charge in [-0.15, -0.1) is 11.8 Å². The molecule has 1 aromatic heterocycles. The first-order chi connectivity index (χ1) is 10.5. The topological polar surface area (TPSA) is 98.1 Å². The number of fused-ring (bicyclic) bond motifs is 1. The molecule has 0 spiro atoms. The number of nitrogen functional groups attached to an aromatic ring is 2. The quantitative estimate of drug-likeness (QED) is 0.832. The summed E-state index contributed by atoms with van der Waals surface area (Å²) >= 11 is 7.31. The third kappa shape index (κ3) is 3.10. The van der Waals surface area contributed by atoms with Crippen LogP contribution in [0.15, 0.2) is 29.2 Å². The lowest BCUT2D eigenvalue weighted by atomic mass is 10.2. The van der Waals surface area contributed by atoms with Crippen LogP contribution in [0.3, 0.4) is 0 Å². The molecule has 0 fully saturated rings. The first kappa shape index (κ1) is 14.9. The van der Waals surface area contributed by atoms with Crippen molar-refractivity contribution in [2.24, 2.45) is 0 Å². The van der Waals surface area contributed by atoms with Crippen molar-refractivity contribution in [1.82, 2.24) is 14.9 Å². The zero-order valence-corrected chi connectivity index (χ0v) is 13.2. The van der Waals surface area contributed by atoms with Crippen LogP contribution in [0.2, 0.25) is 5.02 Å². The summed E-state index contributed by atoms with van der Waals surface area (Å²) in [4.78, 5) is 23.1. The number of carbonyl (C=O) groups is 1. The molecule has 0 aliphatic carbocycles. The van der Waals surface area contributed by atoms with Crippen LogP contribution in [0, 0.1) is 0 Å². The van der Waals surface area contributed by atoms with Gasteiger partial charge in [0.2, 0.25) is 11.9 Å². The Morgan fingerprint density at radius 3 is 2.68 bits per heavy atom. The van der Waals surface area contributed by atoms with Crippen molar-refractivity contribution < 1.29 is 4.79 Å². The molecular weight excluding hydrogens is 322 g/mol. The van der Waals surface area contributed by atoms with E-state index in [9.17, 15) is 4.79 Å². The van der Waals surface area contributed by atoms with Gasteiger partial charge < -0.3 is 16.4 Å². The molecule has 3 rings (SSSR count). The van der Waals surface area contributed by atoms with Gasteiger partial charge in [0, 0.05) is 15.5 Å². The Hall–Kier alpha value is -1.99. The molecule has 1 aliphatic rings. The molecule has 114 valence electrons. The van der Waals surface area contributed by atoms with Gasteiger partial charge in [0.15, 0.2) is 0 Å². The number of anilines is 2. The number of hydrogen-bond donors (Lipinski definition) is 2. The monoisotopic (exact) mass is 335 g/mol. The molecule has 0 bridgehead atoms. The van der Waals surface area contributed by atoms with Gasteiger partial charge in [0.1, 0.15) is 5.82 Å². The molecule has 2 aromatic rings. The van der Waals surface area contributed by atoms with Crippen LogP contribution in [-0.4, -0.2) is 26.5 Å². The van der Waals surface area contributed by atoms with Gasteiger partial charge in [-0.25, -0.2) is 4.98 Å². The number of thioether (sulfide) groups is 1. The van der Waals surface area contributed by atoms with E-state index >= 15 is 0 Å². The van der Waals surface area contributed by atoms with Crippen molar-refractivity contribution in [3.63, 3.8) is 0 Å². The lowest BCUT2D eigenvalue weighted by Gasteiger charge is -2.14. The molecular formula is C14H14ClN5OS. The van der Waals surface area contributed by atoms with Crippen LogP contribution in [0.25, 0.3) is 0 Å². The second kappa shape index (κ2) is 6.02. The summed E-state index contributed by atoms with van der Waals surface area (Å²) < 4.78 is 0. The van der Waals surface area contributed by atoms with Gasteiger partial charge in [0.25, 0.3) is 0 Å². The molecule has 1 aliphatic heterocycles. The Morgan fingerprint density at radius 2 is 1.95 bits per heavy atom. The summed E-state index contributed by atoms with van der Waals surface area (Å²) in [5.74, 6) is 0.860. The Labute approximate surface area is 136 Å². The lowest BCUT2D eigenvalue weighted by molar-refractivity contribution is -0.128. The SMILES string of the molecule is Nc1nc(N)c2c(n1)CN(C(=O)CSc1ccc(Cl)cc1)C2. The Bertz CT molecular complexity index is 722. The van der Waals surface area contributed by atoms with E-state index < -0.39 is 0 Å². The Balaban J connectivity index is 1.63. The average Bonchev–Trinajstić information content (AvgIpc) is 2.90. The molecule has 22 heavy (non-hydrogen) atoms. The minimum absolute atomic E-state index is 0.0240. The average molecular weight is 336 g/mol. The Morgan fingerprint density at radius 1 is 1.23 bits per heavy atom. The van der Waals surface area contributed by atoms with Crippen LogP contribution in [-0.2, 0) is 17.9 Å². The van der Waals surface area contributed by atoms with E-state index in [0.29, 0.717) is 29.7 Å². The second-order valence-electron chi connectivity index (χ2n) is 4.88. The highest BCUT2D eigenvalue weighted by molar-refractivity contribution is 8.00. The largest absolute Gasteiger partial charge is 0.383 e. The van der Waals surface area contributed by atoms with E-state index in [2.05, 4.69) is 9.97 Å². The molecule has 0 saturated carbocycles. The fourth-order valence-corrected chi connectivity index (χ4v) is 3.17. The molecule has 0 unspecified atom stereocenters. The molecule has 1 amide bonds. The second-order valence-corrected chi connectivity index (χ2v) is 6.37. The maximum Gasteiger partial charge on any atom is 0.233 e. The first-order valence-corrected chi connectivity index (χ1v) is 7.96. The fraction of sp³-hybridized carbons (Fsp3) is 0.214. The van der Waals surface area contributed by atoms with Crippen molar-refractivity contribution in [2.75, 3.05) is 17.2 Å². The van der Waals surface area contributed by atoms with E-state index in [0.717, 1.165) is 16.2 Å². The van der Waals surface area contributed by atoms with E-state index in [1.165, 1.54) is 11.8 Å². The van der Waals surface area contributed by atoms with Crippen molar-refractivity contribution >= 4 is 41.0 Å². The number of rotatable bonds is 3. The number of amides is 1. The van der Waals surface area contributed by atoms with Crippen LogP contribution < -0.4 is 11.5 Å². The zero-order chi connectivity index (χ0) is 15.7. The van der Waals surface area contributed by atoms with Gasteiger partial charge in [-0.3, -0.25) is 4.79 Å². The Kier molecular flexibility index (Phi) is 4.08. The normalized spacial score (nSPS) is 13.2. The standard InChI is InChI=1S/C14H14ClN5OS/c15-8-1-3-9(4-2-8)22-7-12(21)20-5-10-11(6-20)18-14(17)19-13(10)16/h1-4H,5-7H2,(H4,16,17,18,19). The lowest BCUT2D eigenvalue weighted by Crippen LogP contribution is -2.27. The van der Waals surface area contributed by atoms with Gasteiger partial charge in [-0.05, 0) is 24.3 Å². The number of carbonyl (C=O) groups excluding carboxylic acids is 1. The highest BCUT2D eigenvalue weighted by Crippen LogP contribution is 2.27. The fourth-order valence-electron chi connectivity index (χ4n) is 2.24. The minimum atomic E-state index is 0.0240. The van der Waals surface area contributed by atoms with Gasteiger partial charge in [0.05, 0.1) is 24.5 Å². The van der Waals surface area contributed by atoms with Crippen LogP contribution in [0.1, 0.15) is 11.3 Å². The van der Waals surface area contributed by atoms with E-state index in [4.69, 9.17) is 23.1 Å². The number of aromatic nitrogens is 2. The number of nitrogens with zero attached hydrogens (tertiary/aromatic N) is 3. The molecule has 0 saturated heterocycles. The van der Waals surface area contributed by atoms with E-state index in [1.54, 1.807) is 17.0 Å². The molecule has 1 aromatic carbocycles. The number of halogens is 1. The molecule has 8 heteroatoms. The third-order valence-corrected chi connectivity index (χ3v) is 4.61. The highest BCUT2D eigenvalue weighted by Gasteiger charge is 2.27. The maximum absolute atomic E-state index is 12.3. The third-order valence-electron chi connectivity index (χ3n) is 3.36. The molecule has 0 atom stereocenters. The summed E-state index contributed by atoms with van der Waals surface area (Å²) in [6.45, 7) is 0.855. The summed E-state index contributed by atoms with van der Waals surface area (Å²) in [5, 5.41) is 0.678. The van der Waals surface area contributed by atoms with E-state index in [-0.39, 0.29) is 11.9 Å². The van der Waals surface area contributed by atoms with Gasteiger partial charge in [-0.2, -0.15) is 4.98 Å². The van der Waals surface area contributed by atoms with Crippen molar-refractivity contribution in [1.29, 1.82) is 0 Å². The van der Waals surface area contributed by atoms with Gasteiger partial charge in [-0.1, -0.05) is 11.6 Å². The molecule has 0 radical (unpaired) electrons. The number of hydrogen-bond acceptors (Lipinski definition) is 6.